The Morgan fingerprint density at radius 1 is 1.33 bits per heavy atom. The average molecular weight is 168 g/mol. The van der Waals surface area contributed by atoms with Crippen molar-refractivity contribution in [1.29, 1.82) is 0 Å². The first-order valence-electron chi connectivity index (χ1n) is 3.10. The summed E-state index contributed by atoms with van der Waals surface area (Å²) in [5.41, 5.74) is 0. The van der Waals surface area contributed by atoms with Crippen LogP contribution in [0.2, 0.25) is 0 Å². The summed E-state index contributed by atoms with van der Waals surface area (Å²) >= 11 is 5.97. The quantitative estimate of drug-likeness (QED) is 0.437. The van der Waals surface area contributed by atoms with Crippen molar-refractivity contribution in [3.05, 3.63) is 0 Å². The molecule has 1 atom stereocenters. The third-order valence-corrected chi connectivity index (χ3v) is 5.14. The summed E-state index contributed by atoms with van der Waals surface area (Å²) in [7, 11) is 0.412. The van der Waals surface area contributed by atoms with Gasteiger partial charge in [0.2, 0.25) is 0 Å². The third kappa shape index (κ3) is 2.38. The van der Waals surface area contributed by atoms with Gasteiger partial charge in [-0.25, -0.2) is 0 Å². The van der Waals surface area contributed by atoms with E-state index in [4.69, 9.17) is 11.6 Å². The van der Waals surface area contributed by atoms with Gasteiger partial charge in [-0.3, -0.25) is 0 Å². The highest BCUT2D eigenvalue weighted by atomic mass is 35.5. The van der Waals surface area contributed by atoms with Crippen molar-refractivity contribution < 1.29 is 0 Å². The zero-order valence-corrected chi connectivity index (χ0v) is 8.44. The molecule has 0 aromatic carbocycles. The van der Waals surface area contributed by atoms with Gasteiger partial charge in [0.15, 0.2) is 0 Å². The minimum absolute atomic E-state index is 0.274. The fraction of sp³-hybridized carbons (Fsp3) is 1.00. The van der Waals surface area contributed by atoms with E-state index in [9.17, 15) is 0 Å². The molecule has 2 heteroatoms. The van der Waals surface area contributed by atoms with E-state index in [0.717, 1.165) is 0 Å². The first kappa shape index (κ1) is 9.64. The molecule has 0 aliphatic rings. The molecule has 9 heavy (non-hydrogen) atoms. The van der Waals surface area contributed by atoms with E-state index < -0.39 is 0 Å². The van der Waals surface area contributed by atoms with Gasteiger partial charge in [0.25, 0.3) is 0 Å². The van der Waals surface area contributed by atoms with E-state index in [0.29, 0.717) is 15.6 Å². The Morgan fingerprint density at radius 2 is 1.67 bits per heavy atom. The molecule has 0 radical (unpaired) electrons. The molecule has 0 bridgehead atoms. The van der Waals surface area contributed by atoms with Gasteiger partial charge in [0, 0.05) is 0 Å². The number of hydrogen-bond donors (Lipinski definition) is 0. The van der Waals surface area contributed by atoms with Gasteiger partial charge >= 0.3 is 0 Å². The molecule has 0 aliphatic heterocycles. The second kappa shape index (κ2) is 3.16. The number of hydrogen-bond acceptors (Lipinski definition) is 0. The van der Waals surface area contributed by atoms with Crippen LogP contribution >= 0.6 is 11.6 Å². The molecule has 56 valence electrons. The molecule has 0 fully saturated rings. The molecule has 0 aromatic rings. The van der Waals surface area contributed by atoms with Gasteiger partial charge in [0.1, 0.15) is 4.75 Å². The Labute approximate surface area is 66.3 Å². The zero-order chi connectivity index (χ0) is 7.65. The SMILES string of the molecule is CC(Cl)C(C)(C)[S+](C)C. The van der Waals surface area contributed by atoms with Gasteiger partial charge in [-0.15, -0.1) is 11.6 Å². The van der Waals surface area contributed by atoms with E-state index in [1.54, 1.807) is 0 Å². The minimum Gasteiger partial charge on any atom is -0.118 e. The van der Waals surface area contributed by atoms with E-state index in [2.05, 4.69) is 33.3 Å². The van der Waals surface area contributed by atoms with Gasteiger partial charge in [0.05, 0.1) is 17.9 Å². The van der Waals surface area contributed by atoms with Crippen molar-refractivity contribution in [2.24, 2.45) is 0 Å². The van der Waals surface area contributed by atoms with Crippen LogP contribution in [0.15, 0.2) is 0 Å². The van der Waals surface area contributed by atoms with Crippen LogP contribution < -0.4 is 0 Å². The highest BCUT2D eigenvalue weighted by Crippen LogP contribution is 2.23. The second-order valence-corrected chi connectivity index (χ2v) is 6.38. The monoisotopic (exact) mass is 167 g/mol. The lowest BCUT2D eigenvalue weighted by atomic mass is 10.1. The Bertz CT molecular complexity index is 76.9. The van der Waals surface area contributed by atoms with Crippen molar-refractivity contribution in [2.75, 3.05) is 12.5 Å². The van der Waals surface area contributed by atoms with Crippen LogP contribution in [-0.2, 0) is 10.9 Å². The molecule has 0 N–H and O–H groups in total. The third-order valence-electron chi connectivity index (χ3n) is 2.01. The molecule has 0 nitrogen and oxygen atoms in total. The lowest BCUT2D eigenvalue weighted by molar-refractivity contribution is 0.687. The maximum absolute atomic E-state index is 5.97. The summed E-state index contributed by atoms with van der Waals surface area (Å²) in [6, 6.07) is 0. The molecule has 0 aromatic heterocycles. The fourth-order valence-corrected chi connectivity index (χ4v) is 1.51. The van der Waals surface area contributed by atoms with Crippen LogP contribution in [0, 0.1) is 0 Å². The summed E-state index contributed by atoms with van der Waals surface area (Å²) in [6.45, 7) is 6.50. The van der Waals surface area contributed by atoms with Crippen molar-refractivity contribution in [2.45, 2.75) is 30.9 Å². The van der Waals surface area contributed by atoms with Crippen molar-refractivity contribution >= 4 is 22.5 Å². The van der Waals surface area contributed by atoms with Crippen molar-refractivity contribution in [1.82, 2.24) is 0 Å². The van der Waals surface area contributed by atoms with Gasteiger partial charge in [-0.05, 0) is 31.7 Å². The zero-order valence-electron chi connectivity index (χ0n) is 6.86. The molecular weight excluding hydrogens is 152 g/mol. The van der Waals surface area contributed by atoms with Crippen LogP contribution in [-0.4, -0.2) is 22.6 Å². The van der Waals surface area contributed by atoms with Crippen molar-refractivity contribution in [3.8, 4) is 0 Å². The molecule has 0 heterocycles. The maximum atomic E-state index is 5.97. The Kier molecular flexibility index (Phi) is 3.38. The predicted molar refractivity (Wildman–Crippen MR) is 48.6 cm³/mol. The van der Waals surface area contributed by atoms with E-state index in [1.165, 1.54) is 0 Å². The lowest BCUT2D eigenvalue weighted by Crippen LogP contribution is -2.38. The van der Waals surface area contributed by atoms with Crippen LogP contribution in [0.25, 0.3) is 0 Å². The van der Waals surface area contributed by atoms with E-state index in [-0.39, 0.29) is 5.38 Å². The summed E-state index contributed by atoms with van der Waals surface area (Å²) in [5.74, 6) is 0. The van der Waals surface area contributed by atoms with Crippen LogP contribution in [0.4, 0.5) is 0 Å². The summed E-state index contributed by atoms with van der Waals surface area (Å²) in [4.78, 5) is 0. The second-order valence-electron chi connectivity index (χ2n) is 3.04. The number of rotatable bonds is 2. The molecule has 0 amide bonds. The highest BCUT2D eigenvalue weighted by molar-refractivity contribution is 7.96. The maximum Gasteiger partial charge on any atom is 0.138 e. The average Bonchev–Trinajstić information content (AvgIpc) is 1.65. The number of halogens is 1. The van der Waals surface area contributed by atoms with Gasteiger partial charge in [-0.1, -0.05) is 0 Å². The number of alkyl halides is 1. The van der Waals surface area contributed by atoms with Gasteiger partial charge in [-0.2, -0.15) is 0 Å². The summed E-state index contributed by atoms with van der Waals surface area (Å²) < 4.78 is 0.293. The van der Waals surface area contributed by atoms with E-state index in [1.807, 2.05) is 0 Å². The topological polar surface area (TPSA) is 0 Å². The Balaban J connectivity index is 4.01. The first-order valence-corrected chi connectivity index (χ1v) is 5.58. The molecule has 0 rings (SSSR count). The fourth-order valence-electron chi connectivity index (χ4n) is 0.325. The lowest BCUT2D eigenvalue weighted by Gasteiger charge is -2.23. The summed E-state index contributed by atoms with van der Waals surface area (Å²) in [6.07, 6.45) is 4.47. The Hall–Kier alpha value is 0.640. The van der Waals surface area contributed by atoms with E-state index >= 15 is 0 Å². The van der Waals surface area contributed by atoms with Crippen LogP contribution in [0.1, 0.15) is 20.8 Å². The molecule has 0 spiro atoms. The summed E-state index contributed by atoms with van der Waals surface area (Å²) in [5, 5.41) is 0.274. The normalized spacial score (nSPS) is 16.3. The largest absolute Gasteiger partial charge is 0.138 e. The van der Waals surface area contributed by atoms with Crippen molar-refractivity contribution in [3.63, 3.8) is 0 Å². The Morgan fingerprint density at radius 3 is 1.67 bits per heavy atom. The standard InChI is InChI=1S/C7H16ClS/c1-6(8)7(2,3)9(4)5/h6H,1-5H3/q+1. The minimum atomic E-state index is 0.274. The highest BCUT2D eigenvalue weighted by Gasteiger charge is 2.36. The smallest absolute Gasteiger partial charge is 0.118 e. The molecule has 0 saturated heterocycles. The van der Waals surface area contributed by atoms with Crippen LogP contribution in [0.3, 0.4) is 0 Å². The van der Waals surface area contributed by atoms with Crippen LogP contribution in [0.5, 0.6) is 0 Å². The molecule has 1 unspecified atom stereocenters. The first-order chi connectivity index (χ1) is 3.89. The predicted octanol–water partition coefficient (Wildman–Crippen LogP) is 2.27. The molecule has 0 saturated carbocycles. The molecule has 0 aliphatic carbocycles. The van der Waals surface area contributed by atoms with Gasteiger partial charge < -0.3 is 0 Å². The molecular formula is C7H16ClS+.